The minimum atomic E-state index is -0.154. The van der Waals surface area contributed by atoms with Gasteiger partial charge in [0.2, 0.25) is 0 Å². The molecule has 3 rings (SSSR count). The zero-order valence-electron chi connectivity index (χ0n) is 13.7. The first-order valence-corrected chi connectivity index (χ1v) is 9.52. The lowest BCUT2D eigenvalue weighted by Gasteiger charge is -2.24. The Balaban J connectivity index is 1.59. The first-order valence-electron chi connectivity index (χ1n) is 8.29. The fourth-order valence-electron chi connectivity index (χ4n) is 2.98. The minimum Gasteiger partial charge on any atom is -0.339 e. The predicted molar refractivity (Wildman–Crippen MR) is 103 cm³/mol. The molecule has 0 atom stereocenters. The van der Waals surface area contributed by atoms with Crippen molar-refractivity contribution in [2.45, 2.75) is 37.0 Å². The highest BCUT2D eigenvalue weighted by Crippen LogP contribution is 2.28. The number of hydrogen-bond acceptors (Lipinski definition) is 4. The number of thiocarbonyl (C=S) groups is 1. The van der Waals surface area contributed by atoms with Gasteiger partial charge in [-0.25, -0.2) is 4.79 Å². The number of fused-ring (bicyclic) bond motifs is 1. The van der Waals surface area contributed by atoms with Crippen LogP contribution in [0.3, 0.4) is 0 Å². The van der Waals surface area contributed by atoms with Crippen LogP contribution in [0.4, 0.5) is 0 Å². The highest BCUT2D eigenvalue weighted by molar-refractivity contribution is 8.22. The predicted octanol–water partition coefficient (Wildman–Crippen LogP) is 5.19. The van der Waals surface area contributed by atoms with Crippen LogP contribution in [-0.2, 0) is 9.63 Å². The molecule has 1 aliphatic carbocycles. The van der Waals surface area contributed by atoms with Crippen molar-refractivity contribution < 1.29 is 9.63 Å². The van der Waals surface area contributed by atoms with E-state index in [0.717, 1.165) is 30.6 Å². The highest BCUT2D eigenvalue weighted by atomic mass is 32.2. The highest BCUT2D eigenvalue weighted by Gasteiger charge is 2.24. The number of hydroxylamine groups is 2. The van der Waals surface area contributed by atoms with Crippen LogP contribution < -0.4 is 0 Å². The summed E-state index contributed by atoms with van der Waals surface area (Å²) in [6, 6.07) is 14.4. The SMILES string of the molecule is CN(OC(=O)C1CCCCC1)C(=S)Sc1ccc2ccccc2c1. The third-order valence-electron chi connectivity index (χ3n) is 4.35. The van der Waals surface area contributed by atoms with Crippen LogP contribution in [0.15, 0.2) is 47.4 Å². The molecule has 0 heterocycles. The molecule has 2 aromatic carbocycles. The molecule has 0 aromatic heterocycles. The van der Waals surface area contributed by atoms with Gasteiger partial charge in [-0.05, 0) is 48.0 Å². The second-order valence-electron chi connectivity index (χ2n) is 6.12. The molecule has 0 spiro atoms. The van der Waals surface area contributed by atoms with Gasteiger partial charge in [0.05, 0.1) is 5.92 Å². The Morgan fingerprint density at radius 2 is 1.83 bits per heavy atom. The van der Waals surface area contributed by atoms with Gasteiger partial charge >= 0.3 is 5.97 Å². The molecular formula is C19H21NO2S2. The van der Waals surface area contributed by atoms with E-state index in [0.29, 0.717) is 4.32 Å². The average molecular weight is 360 g/mol. The van der Waals surface area contributed by atoms with Gasteiger partial charge in [-0.3, -0.25) is 0 Å². The fourth-order valence-corrected chi connectivity index (χ4v) is 4.00. The second-order valence-corrected chi connectivity index (χ2v) is 7.83. The van der Waals surface area contributed by atoms with Gasteiger partial charge in [0.1, 0.15) is 0 Å². The summed E-state index contributed by atoms with van der Waals surface area (Å²) in [6.07, 6.45) is 5.30. The molecule has 0 unspecified atom stereocenters. The summed E-state index contributed by atoms with van der Waals surface area (Å²) in [6.45, 7) is 0. The lowest BCUT2D eigenvalue weighted by Crippen LogP contribution is -2.31. The zero-order valence-corrected chi connectivity index (χ0v) is 15.4. The van der Waals surface area contributed by atoms with Crippen molar-refractivity contribution in [2.75, 3.05) is 7.05 Å². The maximum Gasteiger partial charge on any atom is 0.335 e. The van der Waals surface area contributed by atoms with E-state index in [-0.39, 0.29) is 11.9 Å². The van der Waals surface area contributed by atoms with E-state index >= 15 is 0 Å². The lowest BCUT2D eigenvalue weighted by atomic mass is 9.89. The molecule has 1 saturated carbocycles. The van der Waals surface area contributed by atoms with Crippen LogP contribution >= 0.6 is 24.0 Å². The maximum absolute atomic E-state index is 12.2. The molecule has 1 fully saturated rings. The van der Waals surface area contributed by atoms with Gasteiger partial charge in [0.15, 0.2) is 4.32 Å². The quantitative estimate of drug-likeness (QED) is 0.418. The van der Waals surface area contributed by atoms with Crippen LogP contribution in [-0.4, -0.2) is 22.4 Å². The summed E-state index contributed by atoms with van der Waals surface area (Å²) in [5.41, 5.74) is 0. The first-order chi connectivity index (χ1) is 11.6. The summed E-state index contributed by atoms with van der Waals surface area (Å²) in [5.74, 6) is -0.131. The first kappa shape index (κ1) is 17.2. The van der Waals surface area contributed by atoms with E-state index in [1.807, 2.05) is 18.2 Å². The third-order valence-corrected chi connectivity index (χ3v) is 5.78. The topological polar surface area (TPSA) is 29.5 Å². The Kier molecular flexibility index (Phi) is 5.74. The third kappa shape index (κ3) is 4.28. The lowest BCUT2D eigenvalue weighted by molar-refractivity contribution is -0.174. The average Bonchev–Trinajstić information content (AvgIpc) is 2.62. The molecule has 1 aliphatic rings. The standard InChI is InChI=1S/C19H21NO2S2/c1-20(22-18(21)15-8-3-2-4-9-15)19(23)24-17-12-11-14-7-5-6-10-16(14)13-17/h5-7,10-13,15H,2-4,8-9H2,1H3. The minimum absolute atomic E-state index is 0.0228. The van der Waals surface area contributed by atoms with E-state index in [1.165, 1.54) is 34.0 Å². The van der Waals surface area contributed by atoms with Crippen molar-refractivity contribution in [3.63, 3.8) is 0 Å². The molecule has 5 heteroatoms. The van der Waals surface area contributed by atoms with Crippen LogP contribution in [0.5, 0.6) is 0 Å². The van der Waals surface area contributed by atoms with Gasteiger partial charge in [0.25, 0.3) is 0 Å². The summed E-state index contributed by atoms with van der Waals surface area (Å²) >= 11 is 6.85. The van der Waals surface area contributed by atoms with Crippen molar-refractivity contribution in [3.05, 3.63) is 42.5 Å². The van der Waals surface area contributed by atoms with E-state index in [1.54, 1.807) is 7.05 Å². The van der Waals surface area contributed by atoms with Gasteiger partial charge in [-0.2, -0.15) is 5.06 Å². The number of hydrogen-bond donors (Lipinski definition) is 0. The molecule has 2 aromatic rings. The number of benzene rings is 2. The molecule has 0 saturated heterocycles. The summed E-state index contributed by atoms with van der Waals surface area (Å²) in [7, 11) is 1.71. The largest absolute Gasteiger partial charge is 0.339 e. The smallest absolute Gasteiger partial charge is 0.335 e. The molecule has 0 amide bonds. The van der Waals surface area contributed by atoms with Crippen molar-refractivity contribution in [1.82, 2.24) is 5.06 Å². The number of carbonyl (C=O) groups is 1. The summed E-state index contributed by atoms with van der Waals surface area (Å²) < 4.78 is 0.537. The van der Waals surface area contributed by atoms with E-state index in [2.05, 4.69) is 24.3 Å². The van der Waals surface area contributed by atoms with Crippen LogP contribution in [0.1, 0.15) is 32.1 Å². The molecule has 0 aliphatic heterocycles. The monoisotopic (exact) mass is 359 g/mol. The fraction of sp³-hybridized carbons (Fsp3) is 0.368. The Hall–Kier alpha value is -1.59. The molecule has 0 N–H and O–H groups in total. The zero-order chi connectivity index (χ0) is 16.9. The van der Waals surface area contributed by atoms with E-state index in [9.17, 15) is 4.79 Å². The summed E-state index contributed by atoms with van der Waals surface area (Å²) in [5, 5.41) is 3.79. The van der Waals surface area contributed by atoms with Gasteiger partial charge < -0.3 is 4.84 Å². The van der Waals surface area contributed by atoms with Crippen molar-refractivity contribution in [2.24, 2.45) is 5.92 Å². The van der Waals surface area contributed by atoms with Crippen LogP contribution in [0, 0.1) is 5.92 Å². The molecule has 24 heavy (non-hydrogen) atoms. The second kappa shape index (κ2) is 7.99. The molecule has 0 radical (unpaired) electrons. The number of nitrogens with zero attached hydrogens (tertiary/aromatic N) is 1. The van der Waals surface area contributed by atoms with Crippen molar-refractivity contribution >= 4 is 45.0 Å². The summed E-state index contributed by atoms with van der Waals surface area (Å²) in [4.78, 5) is 18.7. The van der Waals surface area contributed by atoms with Gasteiger partial charge in [-0.1, -0.05) is 61.4 Å². The Morgan fingerprint density at radius 1 is 1.12 bits per heavy atom. The normalized spacial score (nSPS) is 15.2. The molecular weight excluding hydrogens is 338 g/mol. The van der Waals surface area contributed by atoms with E-state index < -0.39 is 0 Å². The van der Waals surface area contributed by atoms with Gasteiger partial charge in [-0.15, -0.1) is 0 Å². The molecule has 0 bridgehead atoms. The number of rotatable bonds is 2. The van der Waals surface area contributed by atoms with Crippen molar-refractivity contribution in [1.29, 1.82) is 0 Å². The molecule has 3 nitrogen and oxygen atoms in total. The number of carbonyl (C=O) groups excluding carboxylic acids is 1. The Bertz CT molecular complexity index is 741. The van der Waals surface area contributed by atoms with Gasteiger partial charge in [0, 0.05) is 11.9 Å². The van der Waals surface area contributed by atoms with Crippen LogP contribution in [0.2, 0.25) is 0 Å². The number of thioether (sulfide) groups is 1. The molecule has 126 valence electrons. The Labute approximate surface area is 152 Å². The van der Waals surface area contributed by atoms with Crippen LogP contribution in [0.25, 0.3) is 10.8 Å². The van der Waals surface area contributed by atoms with E-state index in [4.69, 9.17) is 17.1 Å². The van der Waals surface area contributed by atoms with Crippen molar-refractivity contribution in [3.8, 4) is 0 Å². The maximum atomic E-state index is 12.2. The Morgan fingerprint density at radius 3 is 2.58 bits per heavy atom.